The van der Waals surface area contributed by atoms with Crippen molar-refractivity contribution in [3.63, 3.8) is 0 Å². The van der Waals surface area contributed by atoms with Gasteiger partial charge in [-0.15, -0.1) is 0 Å². The molecule has 0 radical (unpaired) electrons. The van der Waals surface area contributed by atoms with Crippen molar-refractivity contribution in [3.05, 3.63) is 29.3 Å². The van der Waals surface area contributed by atoms with Crippen LogP contribution in [0.2, 0.25) is 5.02 Å². The highest BCUT2D eigenvalue weighted by atomic mass is 35.5. The molecule has 0 spiro atoms. The molecule has 1 saturated heterocycles. The van der Waals surface area contributed by atoms with E-state index in [-0.39, 0.29) is 35.8 Å². The zero-order valence-electron chi connectivity index (χ0n) is 16.6. The van der Waals surface area contributed by atoms with Crippen LogP contribution >= 0.6 is 11.6 Å². The van der Waals surface area contributed by atoms with E-state index in [1.165, 1.54) is 0 Å². The summed E-state index contributed by atoms with van der Waals surface area (Å²) < 4.78 is 37.1. The second-order valence-corrected chi connectivity index (χ2v) is 7.77. The van der Waals surface area contributed by atoms with Crippen molar-refractivity contribution in [1.29, 1.82) is 0 Å². The lowest BCUT2D eigenvalue weighted by Crippen LogP contribution is -2.56. The third-order valence-electron chi connectivity index (χ3n) is 5.27. The first-order valence-corrected chi connectivity index (χ1v) is 9.71. The van der Waals surface area contributed by atoms with Gasteiger partial charge in [0.05, 0.1) is 22.4 Å². The number of ether oxygens (including phenoxy) is 1. The lowest BCUT2D eigenvalue weighted by Gasteiger charge is -2.45. The fourth-order valence-electron chi connectivity index (χ4n) is 3.47. The van der Waals surface area contributed by atoms with Gasteiger partial charge in [0, 0.05) is 32.5 Å². The van der Waals surface area contributed by atoms with Crippen LogP contribution in [0, 0.1) is 5.92 Å². The van der Waals surface area contributed by atoms with Gasteiger partial charge in [0.1, 0.15) is 0 Å². The molecule has 31 heavy (non-hydrogen) atoms. The number of carboxylic acid groups (broad SMARTS) is 1. The summed E-state index contributed by atoms with van der Waals surface area (Å²) in [6.07, 6.45) is -3.54. The Morgan fingerprint density at radius 3 is 2.42 bits per heavy atom. The molecular formula is C19H23ClF3N3O5. The van der Waals surface area contributed by atoms with Crippen LogP contribution in [0.25, 0.3) is 0 Å². The predicted molar refractivity (Wildman–Crippen MR) is 106 cm³/mol. The number of carbonyl (C=O) groups excluding carboxylic acids is 2. The van der Waals surface area contributed by atoms with Gasteiger partial charge in [-0.05, 0) is 25.0 Å². The van der Waals surface area contributed by atoms with Gasteiger partial charge >= 0.3 is 12.1 Å². The minimum atomic E-state index is -5.08. The van der Waals surface area contributed by atoms with Crippen LogP contribution in [0.4, 0.5) is 18.9 Å². The van der Waals surface area contributed by atoms with Crippen molar-refractivity contribution in [1.82, 2.24) is 5.32 Å². The fraction of sp³-hybridized carbons (Fsp3) is 0.526. The number of halogens is 4. The lowest BCUT2D eigenvalue weighted by molar-refractivity contribution is -0.192. The molecule has 4 N–H and O–H groups in total. The monoisotopic (exact) mass is 465 g/mol. The van der Waals surface area contributed by atoms with Crippen molar-refractivity contribution in [2.75, 3.05) is 25.1 Å². The van der Waals surface area contributed by atoms with E-state index < -0.39 is 12.1 Å². The van der Waals surface area contributed by atoms with E-state index in [9.17, 15) is 22.8 Å². The molecule has 172 valence electrons. The predicted octanol–water partition coefficient (Wildman–Crippen LogP) is 1.95. The summed E-state index contributed by atoms with van der Waals surface area (Å²) >= 11 is 6.16. The molecule has 1 unspecified atom stereocenters. The van der Waals surface area contributed by atoms with Crippen LogP contribution in [0.15, 0.2) is 24.3 Å². The summed E-state index contributed by atoms with van der Waals surface area (Å²) in [7, 11) is 1.62. The van der Waals surface area contributed by atoms with Gasteiger partial charge in [0.15, 0.2) is 0 Å². The number of aliphatic carboxylic acids is 1. The number of nitrogens with one attached hydrogen (secondary N) is 1. The number of nitrogens with zero attached hydrogens (tertiary/aromatic N) is 1. The van der Waals surface area contributed by atoms with Gasteiger partial charge in [-0.3, -0.25) is 9.59 Å². The quantitative estimate of drug-likeness (QED) is 0.611. The Hall–Kier alpha value is -2.37. The molecule has 12 heteroatoms. The summed E-state index contributed by atoms with van der Waals surface area (Å²) in [6, 6.07) is 7.02. The average molecular weight is 466 g/mol. The van der Waals surface area contributed by atoms with Gasteiger partial charge in [0.25, 0.3) is 0 Å². The minimum Gasteiger partial charge on any atom is -0.475 e. The first-order chi connectivity index (χ1) is 14.4. The van der Waals surface area contributed by atoms with Gasteiger partial charge in [-0.1, -0.05) is 23.7 Å². The second-order valence-electron chi connectivity index (χ2n) is 7.36. The van der Waals surface area contributed by atoms with E-state index in [0.717, 1.165) is 0 Å². The van der Waals surface area contributed by atoms with Crippen LogP contribution < -0.4 is 16.0 Å². The Labute approximate surface area is 181 Å². The maximum absolute atomic E-state index is 12.4. The molecule has 8 nitrogen and oxygen atoms in total. The fourth-order valence-corrected chi connectivity index (χ4v) is 3.70. The highest BCUT2D eigenvalue weighted by Crippen LogP contribution is 2.40. The molecule has 0 aromatic heterocycles. The maximum Gasteiger partial charge on any atom is 0.490 e. The third kappa shape index (κ3) is 6.08. The number of carbonyl (C=O) groups is 3. The van der Waals surface area contributed by atoms with E-state index >= 15 is 0 Å². The topological polar surface area (TPSA) is 122 Å². The number of para-hydroxylation sites is 1. The van der Waals surface area contributed by atoms with Crippen LogP contribution in [0.1, 0.15) is 19.3 Å². The molecular weight excluding hydrogens is 443 g/mol. The van der Waals surface area contributed by atoms with E-state index in [2.05, 4.69) is 5.32 Å². The molecule has 2 aliphatic rings. The first-order valence-electron chi connectivity index (χ1n) is 9.33. The smallest absolute Gasteiger partial charge is 0.475 e. The lowest BCUT2D eigenvalue weighted by atomic mass is 9.70. The summed E-state index contributed by atoms with van der Waals surface area (Å²) in [6.45, 7) is 0.850. The first kappa shape index (κ1) is 24.9. The Kier molecular flexibility index (Phi) is 7.90. The van der Waals surface area contributed by atoms with E-state index in [0.29, 0.717) is 36.6 Å². The van der Waals surface area contributed by atoms with Crippen molar-refractivity contribution in [2.45, 2.75) is 37.1 Å². The maximum atomic E-state index is 12.4. The number of hydrogen-bond donors (Lipinski definition) is 3. The number of rotatable bonds is 5. The standard InChI is InChI=1S/C17H22ClN3O3.C2HF3O2/c1-24-17(10-19)7-11(8-17)16(23)20-12-6-15(22)21(9-12)14-5-3-2-4-13(14)18;3-2(4,5)1(6)7/h2-5,11-12H,6-10,19H2,1H3,(H,20,23);(H,6,7). The third-order valence-corrected chi connectivity index (χ3v) is 5.59. The number of carboxylic acids is 1. The molecule has 1 aliphatic carbocycles. The Morgan fingerprint density at radius 1 is 1.35 bits per heavy atom. The number of amides is 2. The molecule has 1 atom stereocenters. The van der Waals surface area contributed by atoms with Crippen LogP contribution in [-0.2, 0) is 19.1 Å². The van der Waals surface area contributed by atoms with Crippen molar-refractivity contribution in [3.8, 4) is 0 Å². The summed E-state index contributed by atoms with van der Waals surface area (Å²) in [5, 5.41) is 10.6. The number of anilines is 1. The van der Waals surface area contributed by atoms with Crippen molar-refractivity contribution < 1.29 is 37.4 Å². The molecule has 2 amide bonds. The average Bonchev–Trinajstić information content (AvgIpc) is 3.01. The zero-order chi connectivity index (χ0) is 23.4. The van der Waals surface area contributed by atoms with Crippen LogP contribution in [-0.4, -0.2) is 60.9 Å². The normalized spacial score (nSPS) is 25.4. The van der Waals surface area contributed by atoms with E-state index in [1.54, 1.807) is 18.1 Å². The SMILES string of the molecule is COC1(CN)CC(C(=O)NC2CC(=O)N(c3ccccc3Cl)C2)C1.O=C(O)C(F)(F)F. The van der Waals surface area contributed by atoms with Crippen molar-refractivity contribution in [2.24, 2.45) is 11.7 Å². The Morgan fingerprint density at radius 2 is 1.94 bits per heavy atom. The zero-order valence-corrected chi connectivity index (χ0v) is 17.4. The minimum absolute atomic E-state index is 0.0322. The number of nitrogens with two attached hydrogens (primary N) is 1. The van der Waals surface area contributed by atoms with Gasteiger partial charge in [-0.2, -0.15) is 13.2 Å². The number of methoxy groups -OCH3 is 1. The van der Waals surface area contributed by atoms with Gasteiger partial charge < -0.3 is 25.8 Å². The van der Waals surface area contributed by atoms with Crippen LogP contribution in [0.5, 0.6) is 0 Å². The van der Waals surface area contributed by atoms with E-state index in [4.69, 9.17) is 32.0 Å². The molecule has 2 fully saturated rings. The van der Waals surface area contributed by atoms with Crippen molar-refractivity contribution >= 4 is 35.1 Å². The summed E-state index contributed by atoms with van der Waals surface area (Å²) in [5.74, 6) is -2.92. The highest BCUT2D eigenvalue weighted by molar-refractivity contribution is 6.33. The van der Waals surface area contributed by atoms with Gasteiger partial charge in [0.2, 0.25) is 11.8 Å². The number of hydrogen-bond acceptors (Lipinski definition) is 5. The van der Waals surface area contributed by atoms with E-state index in [1.807, 2.05) is 18.2 Å². The highest BCUT2D eigenvalue weighted by Gasteiger charge is 2.47. The number of alkyl halides is 3. The molecule has 0 bridgehead atoms. The Balaban J connectivity index is 0.000000423. The summed E-state index contributed by atoms with van der Waals surface area (Å²) in [5.41, 5.74) is 6.02. The number of benzene rings is 1. The second kappa shape index (κ2) is 9.84. The molecule has 3 rings (SSSR count). The molecule has 1 aromatic carbocycles. The molecule has 1 aliphatic heterocycles. The molecule has 1 saturated carbocycles. The van der Waals surface area contributed by atoms with Gasteiger partial charge in [-0.25, -0.2) is 4.79 Å². The van der Waals surface area contributed by atoms with Crippen LogP contribution in [0.3, 0.4) is 0 Å². The molecule has 1 aromatic rings. The largest absolute Gasteiger partial charge is 0.490 e. The Bertz CT molecular complexity index is 824. The molecule has 1 heterocycles. The summed E-state index contributed by atoms with van der Waals surface area (Å²) in [4.78, 5) is 35.1.